The molecule has 0 radical (unpaired) electrons. The summed E-state index contributed by atoms with van der Waals surface area (Å²) in [4.78, 5) is 14.4. The SMILES string of the molecule is CC(C)(C)OC(=O)/C=C/c1cc2ccccc2cc1N1CCOCC1. The third kappa shape index (κ3) is 4.60. The Bertz CT molecular complexity index is 783. The number of carbonyl (C=O) groups is 1. The first-order chi connectivity index (χ1) is 11.9. The maximum Gasteiger partial charge on any atom is 0.331 e. The van der Waals surface area contributed by atoms with Gasteiger partial charge in [0, 0.05) is 24.9 Å². The first kappa shape index (κ1) is 17.5. The quantitative estimate of drug-likeness (QED) is 0.625. The fourth-order valence-electron chi connectivity index (χ4n) is 2.95. The van der Waals surface area contributed by atoms with Crippen molar-refractivity contribution in [3.63, 3.8) is 0 Å². The fourth-order valence-corrected chi connectivity index (χ4v) is 2.95. The number of hydrogen-bond donors (Lipinski definition) is 0. The average molecular weight is 339 g/mol. The van der Waals surface area contributed by atoms with Crippen LogP contribution in [0.2, 0.25) is 0 Å². The summed E-state index contributed by atoms with van der Waals surface area (Å²) in [6.45, 7) is 8.76. The molecule has 1 fully saturated rings. The van der Waals surface area contributed by atoms with Crippen molar-refractivity contribution in [1.29, 1.82) is 0 Å². The fraction of sp³-hybridized carbons (Fsp3) is 0.381. The largest absolute Gasteiger partial charge is 0.457 e. The highest BCUT2D eigenvalue weighted by Gasteiger charge is 2.16. The van der Waals surface area contributed by atoms with Crippen molar-refractivity contribution in [3.8, 4) is 0 Å². The van der Waals surface area contributed by atoms with Crippen molar-refractivity contribution in [2.24, 2.45) is 0 Å². The second-order valence-electron chi connectivity index (χ2n) is 7.22. The van der Waals surface area contributed by atoms with Crippen LogP contribution in [0.1, 0.15) is 26.3 Å². The molecule has 2 aromatic carbocycles. The topological polar surface area (TPSA) is 38.8 Å². The minimum Gasteiger partial charge on any atom is -0.457 e. The number of hydrogen-bond acceptors (Lipinski definition) is 4. The molecule has 3 rings (SSSR count). The number of rotatable bonds is 3. The molecule has 1 aliphatic rings. The van der Waals surface area contributed by atoms with Gasteiger partial charge in [-0.05, 0) is 55.3 Å². The molecule has 0 bridgehead atoms. The lowest BCUT2D eigenvalue weighted by Gasteiger charge is -2.30. The summed E-state index contributed by atoms with van der Waals surface area (Å²) in [7, 11) is 0. The Hall–Kier alpha value is -2.33. The maximum absolute atomic E-state index is 12.0. The van der Waals surface area contributed by atoms with Crippen molar-refractivity contribution < 1.29 is 14.3 Å². The summed E-state index contributed by atoms with van der Waals surface area (Å²) < 4.78 is 10.8. The molecule has 0 aromatic heterocycles. The molecule has 0 spiro atoms. The van der Waals surface area contributed by atoms with E-state index >= 15 is 0 Å². The van der Waals surface area contributed by atoms with Gasteiger partial charge in [0.05, 0.1) is 13.2 Å². The lowest BCUT2D eigenvalue weighted by atomic mass is 10.0. The van der Waals surface area contributed by atoms with Crippen LogP contribution in [-0.4, -0.2) is 37.9 Å². The highest BCUT2D eigenvalue weighted by atomic mass is 16.6. The number of morpholine rings is 1. The van der Waals surface area contributed by atoms with E-state index in [0.717, 1.165) is 42.9 Å². The van der Waals surface area contributed by atoms with Gasteiger partial charge in [0.2, 0.25) is 0 Å². The van der Waals surface area contributed by atoms with Gasteiger partial charge in [0.25, 0.3) is 0 Å². The second-order valence-corrected chi connectivity index (χ2v) is 7.22. The van der Waals surface area contributed by atoms with E-state index in [1.54, 1.807) is 0 Å². The zero-order chi connectivity index (χ0) is 17.9. The smallest absolute Gasteiger partial charge is 0.331 e. The number of fused-ring (bicyclic) bond motifs is 1. The molecule has 0 aliphatic carbocycles. The molecule has 1 aliphatic heterocycles. The van der Waals surface area contributed by atoms with Crippen LogP contribution in [-0.2, 0) is 14.3 Å². The average Bonchev–Trinajstić information content (AvgIpc) is 2.58. The van der Waals surface area contributed by atoms with Crippen LogP contribution in [0.15, 0.2) is 42.5 Å². The van der Waals surface area contributed by atoms with Gasteiger partial charge in [0.15, 0.2) is 0 Å². The lowest BCUT2D eigenvalue weighted by Crippen LogP contribution is -2.36. The number of ether oxygens (including phenoxy) is 2. The van der Waals surface area contributed by atoms with Gasteiger partial charge in [0.1, 0.15) is 5.60 Å². The predicted octanol–water partition coefficient (Wildman–Crippen LogP) is 4.03. The van der Waals surface area contributed by atoms with Gasteiger partial charge in [-0.3, -0.25) is 0 Å². The molecule has 2 aromatic rings. The Morgan fingerprint density at radius 2 is 1.76 bits per heavy atom. The van der Waals surface area contributed by atoms with Crippen LogP contribution in [0.3, 0.4) is 0 Å². The van der Waals surface area contributed by atoms with Crippen LogP contribution < -0.4 is 4.90 Å². The highest BCUT2D eigenvalue weighted by Crippen LogP contribution is 2.29. The molecule has 4 heteroatoms. The maximum atomic E-state index is 12.0. The molecule has 132 valence electrons. The van der Waals surface area contributed by atoms with Crippen molar-refractivity contribution in [2.75, 3.05) is 31.2 Å². The minimum atomic E-state index is -0.488. The summed E-state index contributed by atoms with van der Waals surface area (Å²) in [6.07, 6.45) is 3.37. The van der Waals surface area contributed by atoms with Gasteiger partial charge >= 0.3 is 5.97 Å². The van der Waals surface area contributed by atoms with Crippen LogP contribution in [0, 0.1) is 0 Å². The summed E-state index contributed by atoms with van der Waals surface area (Å²) in [5.41, 5.74) is 1.66. The molecule has 0 unspecified atom stereocenters. The molecule has 1 heterocycles. The molecular weight excluding hydrogens is 314 g/mol. The Morgan fingerprint density at radius 1 is 1.12 bits per heavy atom. The zero-order valence-corrected chi connectivity index (χ0v) is 15.1. The Morgan fingerprint density at radius 3 is 2.40 bits per heavy atom. The van der Waals surface area contributed by atoms with Gasteiger partial charge in [-0.2, -0.15) is 0 Å². The van der Waals surface area contributed by atoms with Gasteiger partial charge in [-0.15, -0.1) is 0 Å². The number of nitrogens with zero attached hydrogens (tertiary/aromatic N) is 1. The van der Waals surface area contributed by atoms with Crippen LogP contribution in [0.5, 0.6) is 0 Å². The highest BCUT2D eigenvalue weighted by molar-refractivity contribution is 5.94. The lowest BCUT2D eigenvalue weighted by molar-refractivity contribution is -0.148. The molecule has 4 nitrogen and oxygen atoms in total. The first-order valence-corrected chi connectivity index (χ1v) is 8.69. The van der Waals surface area contributed by atoms with Crippen molar-refractivity contribution in [3.05, 3.63) is 48.0 Å². The van der Waals surface area contributed by atoms with E-state index in [0.29, 0.717) is 0 Å². The number of benzene rings is 2. The van der Waals surface area contributed by atoms with Gasteiger partial charge < -0.3 is 14.4 Å². The molecule has 0 N–H and O–H groups in total. The van der Waals surface area contributed by atoms with Crippen LogP contribution in [0.4, 0.5) is 5.69 Å². The molecule has 25 heavy (non-hydrogen) atoms. The van der Waals surface area contributed by atoms with Crippen LogP contribution >= 0.6 is 0 Å². The Labute approximate surface area is 149 Å². The van der Waals surface area contributed by atoms with E-state index in [9.17, 15) is 4.79 Å². The number of esters is 1. The van der Waals surface area contributed by atoms with Crippen molar-refractivity contribution >= 4 is 28.5 Å². The molecule has 0 saturated carbocycles. The second kappa shape index (κ2) is 7.28. The summed E-state index contributed by atoms with van der Waals surface area (Å²) in [5.74, 6) is -0.325. The molecule has 0 atom stereocenters. The van der Waals surface area contributed by atoms with E-state index in [-0.39, 0.29) is 5.97 Å². The summed E-state index contributed by atoms with van der Waals surface area (Å²) in [6, 6.07) is 12.6. The van der Waals surface area contributed by atoms with E-state index in [1.165, 1.54) is 11.5 Å². The van der Waals surface area contributed by atoms with Gasteiger partial charge in [-0.1, -0.05) is 24.3 Å². The number of anilines is 1. The summed E-state index contributed by atoms with van der Waals surface area (Å²) in [5, 5.41) is 2.35. The standard InChI is InChI=1S/C21H25NO3/c1-21(2,3)25-20(23)9-8-18-14-16-6-4-5-7-17(16)15-19(18)22-10-12-24-13-11-22/h4-9,14-15H,10-13H2,1-3H3/b9-8+. The normalized spacial score (nSPS) is 15.7. The summed E-state index contributed by atoms with van der Waals surface area (Å²) >= 11 is 0. The first-order valence-electron chi connectivity index (χ1n) is 8.69. The Balaban J connectivity index is 1.95. The van der Waals surface area contributed by atoms with Crippen molar-refractivity contribution in [2.45, 2.75) is 26.4 Å². The van der Waals surface area contributed by atoms with E-state index in [4.69, 9.17) is 9.47 Å². The van der Waals surface area contributed by atoms with E-state index < -0.39 is 5.60 Å². The third-order valence-corrected chi connectivity index (χ3v) is 4.05. The van der Waals surface area contributed by atoms with Crippen molar-refractivity contribution in [1.82, 2.24) is 0 Å². The van der Waals surface area contributed by atoms with Gasteiger partial charge in [-0.25, -0.2) is 4.79 Å². The number of carbonyl (C=O) groups excluding carboxylic acids is 1. The minimum absolute atomic E-state index is 0.325. The molecule has 1 saturated heterocycles. The molecule has 0 amide bonds. The molecular formula is C21H25NO3. The monoisotopic (exact) mass is 339 g/mol. The Kier molecular flexibility index (Phi) is 5.09. The third-order valence-electron chi connectivity index (χ3n) is 4.05. The zero-order valence-electron chi connectivity index (χ0n) is 15.1. The van der Waals surface area contributed by atoms with E-state index in [2.05, 4.69) is 29.2 Å². The predicted molar refractivity (Wildman–Crippen MR) is 102 cm³/mol. The van der Waals surface area contributed by atoms with E-state index in [1.807, 2.05) is 39.0 Å². The van der Waals surface area contributed by atoms with Crippen LogP contribution in [0.25, 0.3) is 16.8 Å².